The SMILES string of the molecule is Cc1nc(-c2cnn(C)c2)sc1C(=O)NC(CCC(C)(C)C)C(=O)O. The first-order valence-corrected chi connectivity index (χ1v) is 8.88. The van der Waals surface area contributed by atoms with E-state index in [4.69, 9.17) is 0 Å². The molecule has 136 valence electrons. The fraction of sp³-hybridized carbons (Fsp3) is 0.529. The van der Waals surface area contributed by atoms with Crippen molar-refractivity contribution in [1.29, 1.82) is 0 Å². The highest BCUT2D eigenvalue weighted by Gasteiger charge is 2.25. The Balaban J connectivity index is 2.13. The molecule has 1 unspecified atom stereocenters. The molecule has 2 aromatic rings. The number of carboxylic acid groups (broad SMARTS) is 1. The van der Waals surface area contributed by atoms with Gasteiger partial charge in [-0.1, -0.05) is 20.8 Å². The fourth-order valence-corrected chi connectivity index (χ4v) is 3.26. The van der Waals surface area contributed by atoms with Gasteiger partial charge in [-0.2, -0.15) is 5.10 Å². The van der Waals surface area contributed by atoms with Crippen LogP contribution in [0.4, 0.5) is 0 Å². The second kappa shape index (κ2) is 7.35. The number of carbonyl (C=O) groups is 2. The van der Waals surface area contributed by atoms with E-state index < -0.39 is 17.9 Å². The lowest BCUT2D eigenvalue weighted by molar-refractivity contribution is -0.139. The summed E-state index contributed by atoms with van der Waals surface area (Å²) >= 11 is 1.24. The zero-order chi connectivity index (χ0) is 18.8. The van der Waals surface area contributed by atoms with E-state index in [1.54, 1.807) is 17.8 Å². The van der Waals surface area contributed by atoms with Gasteiger partial charge in [0.2, 0.25) is 0 Å². The van der Waals surface area contributed by atoms with Crippen LogP contribution in [0, 0.1) is 12.3 Å². The summed E-state index contributed by atoms with van der Waals surface area (Å²) in [6.45, 7) is 7.87. The summed E-state index contributed by atoms with van der Waals surface area (Å²) in [6.07, 6.45) is 4.59. The van der Waals surface area contributed by atoms with Crippen molar-refractivity contribution >= 4 is 23.2 Å². The van der Waals surface area contributed by atoms with E-state index in [9.17, 15) is 14.7 Å². The van der Waals surface area contributed by atoms with Gasteiger partial charge in [-0.25, -0.2) is 9.78 Å². The third-order valence-corrected chi connectivity index (χ3v) is 4.95. The van der Waals surface area contributed by atoms with Crippen molar-refractivity contribution in [2.45, 2.75) is 46.6 Å². The van der Waals surface area contributed by atoms with E-state index in [2.05, 4.69) is 15.4 Å². The Labute approximate surface area is 151 Å². The standard InChI is InChI=1S/C17H24N4O3S/c1-10-13(25-15(19-10)11-8-18-21(5)9-11)14(22)20-12(16(23)24)6-7-17(2,3)4/h8-9,12H,6-7H2,1-5H3,(H,20,22)(H,23,24). The molecule has 2 heterocycles. The van der Waals surface area contributed by atoms with Crippen molar-refractivity contribution in [3.05, 3.63) is 23.0 Å². The van der Waals surface area contributed by atoms with Crippen LogP contribution in [0.1, 0.15) is 49.0 Å². The Morgan fingerprint density at radius 2 is 2.08 bits per heavy atom. The van der Waals surface area contributed by atoms with Crippen LogP contribution in [0.25, 0.3) is 10.6 Å². The molecular weight excluding hydrogens is 340 g/mol. The van der Waals surface area contributed by atoms with Crippen LogP contribution in [-0.4, -0.2) is 37.8 Å². The molecule has 0 saturated heterocycles. The van der Waals surface area contributed by atoms with Crippen molar-refractivity contribution < 1.29 is 14.7 Å². The number of aryl methyl sites for hydroxylation is 2. The van der Waals surface area contributed by atoms with Crippen LogP contribution in [0.3, 0.4) is 0 Å². The van der Waals surface area contributed by atoms with Gasteiger partial charge in [0.05, 0.1) is 11.9 Å². The van der Waals surface area contributed by atoms with Crippen LogP contribution < -0.4 is 5.32 Å². The molecule has 7 nitrogen and oxygen atoms in total. The minimum absolute atomic E-state index is 0.00626. The van der Waals surface area contributed by atoms with E-state index in [1.165, 1.54) is 11.3 Å². The quantitative estimate of drug-likeness (QED) is 0.821. The van der Waals surface area contributed by atoms with Crippen LogP contribution in [0.5, 0.6) is 0 Å². The van der Waals surface area contributed by atoms with Crippen LogP contribution >= 0.6 is 11.3 Å². The van der Waals surface area contributed by atoms with Gasteiger partial charge in [0, 0.05) is 18.8 Å². The number of hydrogen-bond acceptors (Lipinski definition) is 5. The van der Waals surface area contributed by atoms with Gasteiger partial charge < -0.3 is 10.4 Å². The third-order valence-electron chi connectivity index (χ3n) is 3.74. The molecule has 2 rings (SSSR count). The molecule has 0 saturated carbocycles. The number of aliphatic carboxylic acids is 1. The van der Waals surface area contributed by atoms with E-state index in [0.29, 0.717) is 28.4 Å². The Morgan fingerprint density at radius 3 is 2.60 bits per heavy atom. The lowest BCUT2D eigenvalue weighted by atomic mass is 9.88. The van der Waals surface area contributed by atoms with E-state index >= 15 is 0 Å². The topological polar surface area (TPSA) is 97.1 Å². The summed E-state index contributed by atoms with van der Waals surface area (Å²) in [7, 11) is 1.81. The number of carboxylic acids is 1. The average molecular weight is 364 g/mol. The van der Waals surface area contributed by atoms with E-state index in [0.717, 1.165) is 5.56 Å². The van der Waals surface area contributed by atoms with Gasteiger partial charge in [0.1, 0.15) is 15.9 Å². The van der Waals surface area contributed by atoms with Crippen molar-refractivity contribution in [3.8, 4) is 10.6 Å². The van der Waals surface area contributed by atoms with Crippen LogP contribution in [0.15, 0.2) is 12.4 Å². The largest absolute Gasteiger partial charge is 0.480 e. The maximum absolute atomic E-state index is 12.5. The molecule has 1 amide bonds. The smallest absolute Gasteiger partial charge is 0.326 e. The number of thiazole rings is 1. The van der Waals surface area contributed by atoms with Gasteiger partial charge in [0.25, 0.3) is 5.91 Å². The Hall–Kier alpha value is -2.22. The zero-order valence-electron chi connectivity index (χ0n) is 15.2. The van der Waals surface area contributed by atoms with Gasteiger partial charge in [-0.3, -0.25) is 9.48 Å². The summed E-state index contributed by atoms with van der Waals surface area (Å²) in [5.41, 5.74) is 1.42. The summed E-state index contributed by atoms with van der Waals surface area (Å²) in [6, 6.07) is -0.907. The predicted octanol–water partition coefficient (Wildman–Crippen LogP) is 2.86. The molecule has 1 atom stereocenters. The normalized spacial score (nSPS) is 12.8. The lowest BCUT2D eigenvalue weighted by Crippen LogP contribution is -2.41. The number of amides is 1. The zero-order valence-corrected chi connectivity index (χ0v) is 16.0. The summed E-state index contributed by atoms with van der Waals surface area (Å²) < 4.78 is 1.67. The van der Waals surface area contributed by atoms with E-state index in [1.807, 2.05) is 34.0 Å². The minimum atomic E-state index is -1.02. The monoisotopic (exact) mass is 364 g/mol. The van der Waals surface area contributed by atoms with Gasteiger partial charge in [0.15, 0.2) is 0 Å². The van der Waals surface area contributed by atoms with Gasteiger partial charge >= 0.3 is 5.97 Å². The van der Waals surface area contributed by atoms with E-state index in [-0.39, 0.29) is 5.41 Å². The summed E-state index contributed by atoms with van der Waals surface area (Å²) in [4.78, 5) is 28.8. The fourth-order valence-electron chi connectivity index (χ4n) is 2.32. The second-order valence-electron chi connectivity index (χ2n) is 7.30. The van der Waals surface area contributed by atoms with Crippen molar-refractivity contribution in [1.82, 2.24) is 20.1 Å². The molecule has 8 heteroatoms. The molecule has 0 fully saturated rings. The summed E-state index contributed by atoms with van der Waals surface area (Å²) in [5, 5.41) is 16.8. The highest BCUT2D eigenvalue weighted by Crippen LogP contribution is 2.28. The first-order chi connectivity index (χ1) is 11.6. The molecule has 0 radical (unpaired) electrons. The maximum Gasteiger partial charge on any atom is 0.326 e. The molecule has 0 aliphatic heterocycles. The Morgan fingerprint density at radius 1 is 1.40 bits per heavy atom. The maximum atomic E-state index is 12.5. The Bertz CT molecular complexity index is 773. The molecule has 0 aliphatic rings. The number of hydrogen-bond donors (Lipinski definition) is 2. The highest BCUT2D eigenvalue weighted by atomic mass is 32.1. The van der Waals surface area contributed by atoms with Crippen LogP contribution in [0.2, 0.25) is 0 Å². The molecule has 25 heavy (non-hydrogen) atoms. The highest BCUT2D eigenvalue weighted by molar-refractivity contribution is 7.17. The third kappa shape index (κ3) is 5.12. The molecule has 0 bridgehead atoms. The molecule has 0 aromatic carbocycles. The van der Waals surface area contributed by atoms with Crippen molar-refractivity contribution in [3.63, 3.8) is 0 Å². The molecule has 2 aromatic heterocycles. The first kappa shape index (κ1) is 19.1. The molecule has 0 spiro atoms. The number of carbonyl (C=O) groups excluding carboxylic acids is 1. The van der Waals surface area contributed by atoms with Gasteiger partial charge in [-0.05, 0) is 25.2 Å². The number of nitrogens with one attached hydrogen (secondary N) is 1. The van der Waals surface area contributed by atoms with Crippen molar-refractivity contribution in [2.75, 3.05) is 0 Å². The van der Waals surface area contributed by atoms with Crippen molar-refractivity contribution in [2.24, 2.45) is 12.5 Å². The average Bonchev–Trinajstić information content (AvgIpc) is 3.08. The van der Waals surface area contributed by atoms with Crippen LogP contribution in [-0.2, 0) is 11.8 Å². The number of aromatic nitrogens is 3. The summed E-state index contributed by atoms with van der Waals surface area (Å²) in [5.74, 6) is -1.42. The predicted molar refractivity (Wildman–Crippen MR) is 96.6 cm³/mol. The molecule has 2 N–H and O–H groups in total. The Kier molecular flexibility index (Phi) is 5.62. The number of rotatable bonds is 6. The first-order valence-electron chi connectivity index (χ1n) is 8.07. The molecule has 0 aliphatic carbocycles. The van der Waals surface area contributed by atoms with Gasteiger partial charge in [-0.15, -0.1) is 11.3 Å². The second-order valence-corrected chi connectivity index (χ2v) is 8.30. The lowest BCUT2D eigenvalue weighted by Gasteiger charge is -2.21. The number of nitrogens with zero attached hydrogens (tertiary/aromatic N) is 3. The minimum Gasteiger partial charge on any atom is -0.480 e. The molecular formula is C17H24N4O3S.